The molecule has 0 spiro atoms. The average Bonchev–Trinajstić information content (AvgIpc) is 2.87. The van der Waals surface area contributed by atoms with Gasteiger partial charge in [0.2, 0.25) is 5.91 Å². The summed E-state index contributed by atoms with van der Waals surface area (Å²) in [6.45, 7) is 0.477. The second-order valence-electron chi connectivity index (χ2n) is 4.93. The van der Waals surface area contributed by atoms with Gasteiger partial charge in [-0.05, 0) is 18.6 Å². The number of aliphatic hydroxyl groups is 1. The molecular formula is C15H20N2O2. The molecule has 0 aliphatic heterocycles. The van der Waals surface area contributed by atoms with Crippen LogP contribution in [0.1, 0.15) is 6.42 Å². The van der Waals surface area contributed by atoms with E-state index in [0.29, 0.717) is 6.54 Å². The van der Waals surface area contributed by atoms with Gasteiger partial charge < -0.3 is 15.3 Å². The van der Waals surface area contributed by atoms with Crippen molar-refractivity contribution in [2.45, 2.75) is 12.5 Å². The van der Waals surface area contributed by atoms with Crippen molar-refractivity contribution in [3.8, 4) is 0 Å². The van der Waals surface area contributed by atoms with E-state index in [1.165, 1.54) is 0 Å². The molecular weight excluding hydrogens is 240 g/mol. The summed E-state index contributed by atoms with van der Waals surface area (Å²) in [4.78, 5) is 13.8. The molecule has 0 unspecified atom stereocenters. The molecule has 4 nitrogen and oxygen atoms in total. The summed E-state index contributed by atoms with van der Waals surface area (Å²) in [5.74, 6) is 0.178. The molecule has 0 saturated carbocycles. The lowest BCUT2D eigenvalue weighted by molar-refractivity contribution is -0.120. The van der Waals surface area contributed by atoms with Crippen molar-refractivity contribution < 1.29 is 9.90 Å². The Morgan fingerprint density at radius 1 is 1.37 bits per heavy atom. The summed E-state index contributed by atoms with van der Waals surface area (Å²) < 4.78 is 0. The lowest BCUT2D eigenvalue weighted by atomic mass is 10.1. The summed E-state index contributed by atoms with van der Waals surface area (Å²) in [5.41, 5.74) is 1.02. The zero-order valence-electron chi connectivity index (χ0n) is 11.1. The number of anilines is 1. The number of amides is 1. The van der Waals surface area contributed by atoms with Gasteiger partial charge in [0.05, 0.1) is 6.54 Å². The number of para-hydroxylation sites is 1. The standard InChI is InChI=1S/C15H20N2O2/c1-17(14-5-3-2-4-6-14)10-15(19)16-13-8-7-12(9-13)11-18/h2-8,12-13,18H,9-11H2,1H3,(H,16,19)/t12-,13+/m0/s1. The Morgan fingerprint density at radius 3 is 2.74 bits per heavy atom. The summed E-state index contributed by atoms with van der Waals surface area (Å²) in [6, 6.07) is 9.86. The molecule has 2 atom stereocenters. The molecule has 1 aliphatic rings. The molecule has 2 rings (SSSR count). The number of carbonyl (C=O) groups excluding carboxylic acids is 1. The van der Waals surface area contributed by atoms with Gasteiger partial charge in [0.25, 0.3) is 0 Å². The van der Waals surface area contributed by atoms with Crippen molar-refractivity contribution in [2.24, 2.45) is 5.92 Å². The van der Waals surface area contributed by atoms with Crippen LogP contribution >= 0.6 is 0 Å². The highest BCUT2D eigenvalue weighted by molar-refractivity contribution is 5.81. The molecule has 0 saturated heterocycles. The SMILES string of the molecule is CN(CC(=O)N[C@@H]1C=C[C@H](CO)C1)c1ccccc1. The average molecular weight is 260 g/mol. The van der Waals surface area contributed by atoms with E-state index in [4.69, 9.17) is 5.11 Å². The fraction of sp³-hybridized carbons (Fsp3) is 0.400. The van der Waals surface area contributed by atoms with E-state index in [0.717, 1.165) is 12.1 Å². The lowest BCUT2D eigenvalue weighted by Crippen LogP contribution is -2.40. The highest BCUT2D eigenvalue weighted by atomic mass is 16.3. The van der Waals surface area contributed by atoms with Crippen LogP contribution in [0.3, 0.4) is 0 Å². The maximum absolute atomic E-state index is 11.9. The first kappa shape index (κ1) is 13.6. The minimum Gasteiger partial charge on any atom is -0.396 e. The number of likely N-dealkylation sites (N-methyl/N-ethyl adjacent to an activating group) is 1. The quantitative estimate of drug-likeness (QED) is 0.782. The fourth-order valence-electron chi connectivity index (χ4n) is 2.26. The molecule has 0 fully saturated rings. The molecule has 0 bridgehead atoms. The highest BCUT2D eigenvalue weighted by Gasteiger charge is 2.20. The van der Waals surface area contributed by atoms with E-state index in [-0.39, 0.29) is 24.5 Å². The van der Waals surface area contributed by atoms with E-state index in [1.54, 1.807) is 0 Å². The van der Waals surface area contributed by atoms with Crippen LogP contribution in [0.5, 0.6) is 0 Å². The van der Waals surface area contributed by atoms with Crippen molar-refractivity contribution in [1.82, 2.24) is 5.32 Å². The zero-order chi connectivity index (χ0) is 13.7. The van der Waals surface area contributed by atoms with Gasteiger partial charge >= 0.3 is 0 Å². The number of hydrogen-bond acceptors (Lipinski definition) is 3. The van der Waals surface area contributed by atoms with E-state index >= 15 is 0 Å². The molecule has 19 heavy (non-hydrogen) atoms. The Morgan fingerprint density at radius 2 is 2.11 bits per heavy atom. The largest absolute Gasteiger partial charge is 0.396 e. The van der Waals surface area contributed by atoms with Crippen LogP contribution in [0.2, 0.25) is 0 Å². The van der Waals surface area contributed by atoms with Gasteiger partial charge in [-0.15, -0.1) is 0 Å². The predicted octanol–water partition coefficient (Wildman–Crippen LogP) is 1.18. The van der Waals surface area contributed by atoms with Crippen LogP contribution in [0.25, 0.3) is 0 Å². The Labute approximate surface area is 113 Å². The summed E-state index contributed by atoms with van der Waals surface area (Å²) in [7, 11) is 1.90. The number of rotatable bonds is 5. The maximum Gasteiger partial charge on any atom is 0.239 e. The zero-order valence-corrected chi connectivity index (χ0v) is 11.1. The van der Waals surface area contributed by atoms with Gasteiger partial charge in [0.1, 0.15) is 0 Å². The van der Waals surface area contributed by atoms with Gasteiger partial charge in [-0.25, -0.2) is 0 Å². The van der Waals surface area contributed by atoms with E-state index in [2.05, 4.69) is 5.32 Å². The van der Waals surface area contributed by atoms with Gasteiger partial charge in [0.15, 0.2) is 0 Å². The molecule has 2 N–H and O–H groups in total. The number of nitrogens with zero attached hydrogens (tertiary/aromatic N) is 1. The van der Waals surface area contributed by atoms with Gasteiger partial charge in [-0.2, -0.15) is 0 Å². The molecule has 102 valence electrons. The number of carbonyl (C=O) groups is 1. The first-order valence-corrected chi connectivity index (χ1v) is 6.54. The fourth-order valence-corrected chi connectivity index (χ4v) is 2.26. The van der Waals surface area contributed by atoms with Gasteiger partial charge in [0, 0.05) is 31.3 Å². The van der Waals surface area contributed by atoms with Crippen LogP contribution in [0.15, 0.2) is 42.5 Å². The summed E-state index contributed by atoms with van der Waals surface area (Å²) >= 11 is 0. The minimum atomic E-state index is -0.000377. The highest BCUT2D eigenvalue weighted by Crippen LogP contribution is 2.17. The number of hydrogen-bond donors (Lipinski definition) is 2. The van der Waals surface area contributed by atoms with Gasteiger partial charge in [-0.1, -0.05) is 30.4 Å². The predicted molar refractivity (Wildman–Crippen MR) is 76.0 cm³/mol. The van der Waals surface area contributed by atoms with Crippen molar-refractivity contribution in [2.75, 3.05) is 25.1 Å². The molecule has 0 heterocycles. The number of nitrogens with one attached hydrogen (secondary N) is 1. The third-order valence-electron chi connectivity index (χ3n) is 3.33. The molecule has 0 aromatic heterocycles. The first-order valence-electron chi connectivity index (χ1n) is 6.54. The van der Waals surface area contributed by atoms with E-state index < -0.39 is 0 Å². The van der Waals surface area contributed by atoms with E-state index in [1.807, 2.05) is 54.4 Å². The third kappa shape index (κ3) is 3.83. The van der Waals surface area contributed by atoms with Crippen LogP contribution in [-0.2, 0) is 4.79 Å². The Hall–Kier alpha value is -1.81. The monoisotopic (exact) mass is 260 g/mol. The van der Waals surface area contributed by atoms with Crippen LogP contribution in [0, 0.1) is 5.92 Å². The molecule has 1 aromatic rings. The molecule has 1 aliphatic carbocycles. The van der Waals surface area contributed by atoms with E-state index in [9.17, 15) is 4.79 Å². The van der Waals surface area contributed by atoms with Crippen molar-refractivity contribution in [1.29, 1.82) is 0 Å². The van der Waals surface area contributed by atoms with Crippen molar-refractivity contribution in [3.05, 3.63) is 42.5 Å². The minimum absolute atomic E-state index is 0.000377. The van der Waals surface area contributed by atoms with Gasteiger partial charge in [-0.3, -0.25) is 4.79 Å². The topological polar surface area (TPSA) is 52.6 Å². The normalized spacial score (nSPS) is 21.4. The Kier molecular flexibility index (Phi) is 4.58. The summed E-state index contributed by atoms with van der Waals surface area (Å²) in [5, 5.41) is 12.0. The van der Waals surface area contributed by atoms with Crippen molar-refractivity contribution in [3.63, 3.8) is 0 Å². The Balaban J connectivity index is 1.80. The Bertz CT molecular complexity index is 445. The second-order valence-corrected chi connectivity index (χ2v) is 4.93. The van der Waals surface area contributed by atoms with Crippen LogP contribution < -0.4 is 10.2 Å². The smallest absolute Gasteiger partial charge is 0.239 e. The summed E-state index contributed by atoms with van der Waals surface area (Å²) in [6.07, 6.45) is 4.71. The number of aliphatic hydroxyl groups excluding tert-OH is 1. The second kappa shape index (κ2) is 6.38. The maximum atomic E-state index is 11.9. The number of benzene rings is 1. The van der Waals surface area contributed by atoms with Crippen LogP contribution in [-0.4, -0.2) is 37.3 Å². The molecule has 0 radical (unpaired) electrons. The van der Waals surface area contributed by atoms with Crippen LogP contribution in [0.4, 0.5) is 5.69 Å². The molecule has 4 heteroatoms. The van der Waals surface area contributed by atoms with Crippen molar-refractivity contribution >= 4 is 11.6 Å². The lowest BCUT2D eigenvalue weighted by Gasteiger charge is -2.20. The first-order chi connectivity index (χ1) is 9.19. The third-order valence-corrected chi connectivity index (χ3v) is 3.33. The molecule has 1 aromatic carbocycles. The molecule has 1 amide bonds.